The number of halogens is 5. The van der Waals surface area contributed by atoms with Gasteiger partial charge in [-0.15, -0.1) is 0 Å². The Labute approximate surface area is 199 Å². The van der Waals surface area contributed by atoms with Crippen molar-refractivity contribution in [3.05, 3.63) is 65.4 Å². The first-order valence-corrected chi connectivity index (χ1v) is 11.2. The molecule has 1 fully saturated rings. The predicted octanol–water partition coefficient (Wildman–Crippen LogP) is 5.75. The van der Waals surface area contributed by atoms with E-state index < -0.39 is 29.4 Å². The first-order chi connectivity index (χ1) is 16.5. The third-order valence-electron chi connectivity index (χ3n) is 6.15. The van der Waals surface area contributed by atoms with Crippen molar-refractivity contribution in [2.45, 2.75) is 43.9 Å². The quantitative estimate of drug-likeness (QED) is 0.446. The number of anilines is 2. The third-order valence-corrected chi connectivity index (χ3v) is 6.15. The summed E-state index contributed by atoms with van der Waals surface area (Å²) in [6.07, 6.45) is -2.22. The fourth-order valence-electron chi connectivity index (χ4n) is 4.43. The molecule has 3 aromatic rings. The molecule has 0 aliphatic heterocycles. The lowest BCUT2D eigenvalue weighted by Gasteiger charge is -2.31. The topological polar surface area (TPSA) is 57.3 Å². The molecule has 1 aliphatic rings. The fraction of sp³-hybridized carbons (Fsp3) is 0.360. The molecule has 186 valence electrons. The number of pyridine rings is 1. The zero-order valence-corrected chi connectivity index (χ0v) is 19.2. The zero-order chi connectivity index (χ0) is 25.3. The van der Waals surface area contributed by atoms with Crippen molar-refractivity contribution >= 4 is 28.2 Å². The molecule has 1 aromatic heterocycles. The van der Waals surface area contributed by atoms with Crippen molar-refractivity contribution in [2.24, 2.45) is 0 Å². The van der Waals surface area contributed by atoms with E-state index in [2.05, 4.69) is 15.6 Å². The van der Waals surface area contributed by atoms with Gasteiger partial charge in [0.05, 0.1) is 5.52 Å². The van der Waals surface area contributed by atoms with Crippen LogP contribution >= 0.6 is 0 Å². The summed E-state index contributed by atoms with van der Waals surface area (Å²) in [6, 6.07) is 9.38. The van der Waals surface area contributed by atoms with E-state index in [9.17, 15) is 26.7 Å². The van der Waals surface area contributed by atoms with Crippen LogP contribution in [-0.2, 0) is 6.18 Å². The number of amides is 1. The Hall–Kier alpha value is -3.43. The van der Waals surface area contributed by atoms with Crippen molar-refractivity contribution in [1.82, 2.24) is 10.3 Å². The van der Waals surface area contributed by atoms with Gasteiger partial charge in [0.15, 0.2) is 0 Å². The van der Waals surface area contributed by atoms with E-state index in [-0.39, 0.29) is 28.9 Å². The van der Waals surface area contributed by atoms with Gasteiger partial charge in [-0.3, -0.25) is 4.79 Å². The molecule has 2 aromatic carbocycles. The van der Waals surface area contributed by atoms with Gasteiger partial charge in [-0.1, -0.05) is 18.2 Å². The van der Waals surface area contributed by atoms with Crippen molar-refractivity contribution in [2.75, 3.05) is 24.3 Å². The Morgan fingerprint density at radius 3 is 2.17 bits per heavy atom. The second kappa shape index (κ2) is 9.67. The number of para-hydroxylation sites is 1. The number of nitrogens with one attached hydrogen (secondary N) is 2. The molecule has 1 heterocycles. The van der Waals surface area contributed by atoms with Gasteiger partial charge < -0.3 is 15.5 Å². The Kier molecular flexibility index (Phi) is 6.82. The van der Waals surface area contributed by atoms with Gasteiger partial charge in [0.25, 0.3) is 5.91 Å². The summed E-state index contributed by atoms with van der Waals surface area (Å²) in [7, 11) is 3.01. The van der Waals surface area contributed by atoms with Crippen LogP contribution in [0.25, 0.3) is 10.9 Å². The molecule has 2 N–H and O–H groups in total. The van der Waals surface area contributed by atoms with Crippen LogP contribution in [0.4, 0.5) is 33.3 Å². The molecule has 1 saturated carbocycles. The SMILES string of the molecule is CN(C)c1c(F)cc(C(=O)NC2CCC(Nc3cc(C(F)(F)F)nc4ccccc34)CC2)cc1F. The summed E-state index contributed by atoms with van der Waals surface area (Å²) < 4.78 is 68.4. The maximum Gasteiger partial charge on any atom is 0.433 e. The summed E-state index contributed by atoms with van der Waals surface area (Å²) in [5.74, 6) is -2.22. The maximum atomic E-state index is 14.2. The third kappa shape index (κ3) is 5.47. The molecule has 0 spiro atoms. The number of alkyl halides is 3. The average Bonchev–Trinajstić information content (AvgIpc) is 2.79. The van der Waals surface area contributed by atoms with Crippen LogP contribution < -0.4 is 15.5 Å². The fourth-order valence-corrected chi connectivity index (χ4v) is 4.43. The number of nitrogens with zero attached hydrogens (tertiary/aromatic N) is 2. The molecule has 0 radical (unpaired) electrons. The zero-order valence-electron chi connectivity index (χ0n) is 19.2. The molecular formula is C25H25F5N4O. The standard InChI is InChI=1S/C25H25F5N4O/c1-34(2)23-18(26)11-14(12-19(23)27)24(35)32-16-9-7-15(8-10-16)31-21-13-22(25(28,29)30)33-20-6-4-3-5-17(20)21/h3-6,11-13,15-16H,7-10H2,1-2H3,(H,31,33)(H,32,35). The Bertz CT molecular complexity index is 1210. The highest BCUT2D eigenvalue weighted by molar-refractivity contribution is 5.95. The van der Waals surface area contributed by atoms with Gasteiger partial charge in [-0.2, -0.15) is 13.2 Å². The van der Waals surface area contributed by atoms with E-state index in [1.54, 1.807) is 24.3 Å². The molecule has 1 amide bonds. The molecule has 0 unspecified atom stereocenters. The van der Waals surface area contributed by atoms with Gasteiger partial charge in [-0.25, -0.2) is 13.8 Å². The van der Waals surface area contributed by atoms with E-state index >= 15 is 0 Å². The smallest absolute Gasteiger partial charge is 0.382 e. The minimum atomic E-state index is -4.56. The summed E-state index contributed by atoms with van der Waals surface area (Å²) in [5, 5.41) is 6.62. The summed E-state index contributed by atoms with van der Waals surface area (Å²) >= 11 is 0. The number of rotatable bonds is 5. The average molecular weight is 492 g/mol. The highest BCUT2D eigenvalue weighted by Gasteiger charge is 2.34. The number of hydrogen-bond donors (Lipinski definition) is 2. The van der Waals surface area contributed by atoms with Crippen LogP contribution in [0.15, 0.2) is 42.5 Å². The Morgan fingerprint density at radius 2 is 1.57 bits per heavy atom. The Balaban J connectivity index is 1.41. The second-order valence-electron chi connectivity index (χ2n) is 8.92. The lowest BCUT2D eigenvalue weighted by Crippen LogP contribution is -2.40. The van der Waals surface area contributed by atoms with E-state index in [0.717, 1.165) is 18.2 Å². The molecule has 5 nitrogen and oxygen atoms in total. The number of fused-ring (bicyclic) bond motifs is 1. The molecule has 10 heteroatoms. The molecule has 35 heavy (non-hydrogen) atoms. The van der Waals surface area contributed by atoms with Crippen LogP contribution in [0.1, 0.15) is 41.7 Å². The Morgan fingerprint density at radius 1 is 0.971 bits per heavy atom. The van der Waals surface area contributed by atoms with Gasteiger partial charge in [0, 0.05) is 42.8 Å². The molecule has 0 atom stereocenters. The minimum Gasteiger partial charge on any atom is -0.382 e. The van der Waals surface area contributed by atoms with Crippen LogP contribution in [0.2, 0.25) is 0 Å². The number of carbonyl (C=O) groups excluding carboxylic acids is 1. The van der Waals surface area contributed by atoms with E-state index in [0.29, 0.717) is 36.8 Å². The lowest BCUT2D eigenvalue weighted by atomic mass is 9.90. The summed E-state index contributed by atoms with van der Waals surface area (Å²) in [5.41, 5.74) is -0.661. The maximum absolute atomic E-state index is 14.2. The summed E-state index contributed by atoms with van der Waals surface area (Å²) in [6.45, 7) is 0. The van der Waals surface area contributed by atoms with E-state index in [4.69, 9.17) is 0 Å². The van der Waals surface area contributed by atoms with Crippen molar-refractivity contribution in [1.29, 1.82) is 0 Å². The first-order valence-electron chi connectivity index (χ1n) is 11.2. The van der Waals surface area contributed by atoms with Crippen LogP contribution in [0.3, 0.4) is 0 Å². The number of aromatic nitrogens is 1. The predicted molar refractivity (Wildman–Crippen MR) is 125 cm³/mol. The monoisotopic (exact) mass is 492 g/mol. The van der Waals surface area contributed by atoms with Crippen LogP contribution in [-0.4, -0.2) is 37.1 Å². The molecular weight excluding hydrogens is 467 g/mol. The van der Waals surface area contributed by atoms with E-state index in [1.807, 2.05) is 0 Å². The van der Waals surface area contributed by atoms with Crippen molar-refractivity contribution < 1.29 is 26.7 Å². The normalized spacial score (nSPS) is 18.4. The number of benzene rings is 2. The lowest BCUT2D eigenvalue weighted by molar-refractivity contribution is -0.140. The highest BCUT2D eigenvalue weighted by atomic mass is 19.4. The van der Waals surface area contributed by atoms with Gasteiger partial charge in [0.2, 0.25) is 0 Å². The van der Waals surface area contributed by atoms with Gasteiger partial charge in [-0.05, 0) is 49.9 Å². The van der Waals surface area contributed by atoms with Gasteiger partial charge in [0.1, 0.15) is 23.0 Å². The van der Waals surface area contributed by atoms with Crippen LogP contribution in [0, 0.1) is 11.6 Å². The molecule has 4 rings (SSSR count). The largest absolute Gasteiger partial charge is 0.433 e. The second-order valence-corrected chi connectivity index (χ2v) is 8.92. The molecule has 1 aliphatic carbocycles. The number of hydrogen-bond acceptors (Lipinski definition) is 4. The minimum absolute atomic E-state index is 0.0932. The molecule has 0 bridgehead atoms. The number of carbonyl (C=O) groups is 1. The molecule has 0 saturated heterocycles. The van der Waals surface area contributed by atoms with Crippen LogP contribution in [0.5, 0.6) is 0 Å². The van der Waals surface area contributed by atoms with Crippen molar-refractivity contribution in [3.63, 3.8) is 0 Å². The first kappa shape index (κ1) is 24.7. The highest BCUT2D eigenvalue weighted by Crippen LogP contribution is 2.34. The summed E-state index contributed by atoms with van der Waals surface area (Å²) in [4.78, 5) is 17.6. The van der Waals surface area contributed by atoms with Crippen molar-refractivity contribution in [3.8, 4) is 0 Å². The van der Waals surface area contributed by atoms with E-state index in [1.165, 1.54) is 19.0 Å². The van der Waals surface area contributed by atoms with Gasteiger partial charge >= 0.3 is 6.18 Å².